The molecule has 0 aliphatic heterocycles. The first-order chi connectivity index (χ1) is 11.3. The largest absolute Gasteiger partial charge is 0.410 e. The van der Waals surface area contributed by atoms with E-state index >= 15 is 0 Å². The van der Waals surface area contributed by atoms with E-state index in [0.717, 1.165) is 48.5 Å². The van der Waals surface area contributed by atoms with Gasteiger partial charge in [0.2, 0.25) is 0 Å². The SMILES string of the molecule is CC[Si](CC)(CC)O[C@@H]1[C@@H]2C=CC(=O)C2=C(C)C2(CCC2)[C@@]1(C)O. The molecule has 3 rings (SSSR count). The lowest BCUT2D eigenvalue weighted by Gasteiger charge is -2.60. The van der Waals surface area contributed by atoms with Crippen molar-refractivity contribution in [1.82, 2.24) is 0 Å². The molecular formula is C20H32O3Si. The number of allylic oxidation sites excluding steroid dienone is 1. The van der Waals surface area contributed by atoms with Crippen LogP contribution in [0, 0.1) is 11.3 Å². The van der Waals surface area contributed by atoms with E-state index in [1.807, 2.05) is 13.0 Å². The van der Waals surface area contributed by atoms with Crippen LogP contribution in [0.25, 0.3) is 0 Å². The Morgan fingerprint density at radius 1 is 1.25 bits per heavy atom. The molecule has 1 saturated carbocycles. The summed E-state index contributed by atoms with van der Waals surface area (Å²) in [7, 11) is -1.88. The van der Waals surface area contributed by atoms with E-state index in [-0.39, 0.29) is 23.2 Å². The van der Waals surface area contributed by atoms with Crippen LogP contribution < -0.4 is 0 Å². The first kappa shape index (κ1) is 18.1. The predicted molar refractivity (Wildman–Crippen MR) is 99.3 cm³/mol. The Bertz CT molecular complexity index is 586. The highest BCUT2D eigenvalue weighted by molar-refractivity contribution is 6.73. The third-order valence-electron chi connectivity index (χ3n) is 7.54. The standard InChI is InChI=1S/C20H32O3Si/c1-6-24(7-2,8-3)23-18-15-10-11-16(21)17(15)14(4)20(12-9-13-20)19(18,5)22/h10-11,15,18,22H,6-9,12-13H2,1-5H3/t15-,18-,19+/m1/s1. The van der Waals surface area contributed by atoms with E-state index in [0.29, 0.717) is 0 Å². The lowest BCUT2D eigenvalue weighted by atomic mass is 9.49. The number of ketones is 1. The summed E-state index contributed by atoms with van der Waals surface area (Å²) in [5.41, 5.74) is 0.865. The zero-order chi connectivity index (χ0) is 17.8. The average Bonchev–Trinajstić information content (AvgIpc) is 2.88. The number of fused-ring (bicyclic) bond motifs is 1. The molecule has 0 aromatic carbocycles. The van der Waals surface area contributed by atoms with Crippen molar-refractivity contribution in [2.75, 3.05) is 0 Å². The van der Waals surface area contributed by atoms with Crippen molar-refractivity contribution >= 4 is 14.1 Å². The van der Waals surface area contributed by atoms with Crippen molar-refractivity contribution < 1.29 is 14.3 Å². The lowest BCUT2D eigenvalue weighted by Crippen LogP contribution is -2.65. The van der Waals surface area contributed by atoms with Crippen molar-refractivity contribution in [2.45, 2.75) is 83.7 Å². The van der Waals surface area contributed by atoms with Crippen LogP contribution in [0.1, 0.15) is 53.9 Å². The second-order valence-corrected chi connectivity index (χ2v) is 12.9. The van der Waals surface area contributed by atoms with Gasteiger partial charge in [0.15, 0.2) is 14.1 Å². The minimum Gasteiger partial charge on any atom is -0.410 e. The highest BCUT2D eigenvalue weighted by Gasteiger charge is 2.63. The van der Waals surface area contributed by atoms with Gasteiger partial charge in [0.1, 0.15) is 0 Å². The second-order valence-electron chi connectivity index (χ2n) is 8.15. The Morgan fingerprint density at radius 3 is 2.29 bits per heavy atom. The van der Waals surface area contributed by atoms with E-state index in [1.54, 1.807) is 6.08 Å². The number of hydrogen-bond acceptors (Lipinski definition) is 3. The van der Waals surface area contributed by atoms with Gasteiger partial charge in [0, 0.05) is 16.9 Å². The van der Waals surface area contributed by atoms with Gasteiger partial charge >= 0.3 is 0 Å². The molecule has 4 heteroatoms. The number of aliphatic hydroxyl groups is 1. The van der Waals surface area contributed by atoms with Gasteiger partial charge in [-0.15, -0.1) is 0 Å². The zero-order valence-electron chi connectivity index (χ0n) is 15.8. The van der Waals surface area contributed by atoms with Crippen molar-refractivity contribution in [1.29, 1.82) is 0 Å². The molecule has 3 aliphatic carbocycles. The van der Waals surface area contributed by atoms with Crippen molar-refractivity contribution in [2.24, 2.45) is 11.3 Å². The van der Waals surface area contributed by atoms with E-state index in [2.05, 4.69) is 27.7 Å². The van der Waals surface area contributed by atoms with Crippen LogP contribution in [0.5, 0.6) is 0 Å². The molecule has 24 heavy (non-hydrogen) atoms. The Kier molecular flexibility index (Phi) is 4.47. The lowest BCUT2D eigenvalue weighted by molar-refractivity contribution is -0.172. The Morgan fingerprint density at radius 2 is 1.83 bits per heavy atom. The molecule has 1 fully saturated rings. The summed E-state index contributed by atoms with van der Waals surface area (Å²) >= 11 is 0. The second kappa shape index (κ2) is 5.92. The molecule has 0 bridgehead atoms. The molecule has 0 unspecified atom stereocenters. The summed E-state index contributed by atoms with van der Waals surface area (Å²) in [6.45, 7) is 10.7. The zero-order valence-corrected chi connectivity index (χ0v) is 16.8. The predicted octanol–water partition coefficient (Wildman–Crippen LogP) is 4.38. The molecule has 3 aliphatic rings. The fourth-order valence-corrected chi connectivity index (χ4v) is 8.27. The molecule has 3 atom stereocenters. The third kappa shape index (κ3) is 2.19. The summed E-state index contributed by atoms with van der Waals surface area (Å²) in [5.74, 6) is 0.0555. The van der Waals surface area contributed by atoms with E-state index < -0.39 is 13.9 Å². The van der Waals surface area contributed by atoms with Gasteiger partial charge in [-0.1, -0.05) is 38.8 Å². The summed E-state index contributed by atoms with van der Waals surface area (Å²) in [6, 6.07) is 3.17. The molecule has 0 aromatic rings. The fourth-order valence-electron chi connectivity index (χ4n) is 5.36. The van der Waals surface area contributed by atoms with E-state index in [4.69, 9.17) is 4.43 Å². The molecule has 0 amide bonds. The fraction of sp³-hybridized carbons (Fsp3) is 0.750. The maximum atomic E-state index is 12.5. The molecule has 0 saturated heterocycles. The van der Waals surface area contributed by atoms with Gasteiger partial charge in [-0.25, -0.2) is 0 Å². The van der Waals surface area contributed by atoms with Crippen LogP contribution in [0.2, 0.25) is 18.1 Å². The minimum atomic E-state index is -1.88. The summed E-state index contributed by atoms with van der Waals surface area (Å²) in [5, 5.41) is 11.7. The van der Waals surface area contributed by atoms with Gasteiger partial charge in [0.05, 0.1) is 11.7 Å². The van der Waals surface area contributed by atoms with Crippen LogP contribution >= 0.6 is 0 Å². The van der Waals surface area contributed by atoms with Gasteiger partial charge in [-0.3, -0.25) is 4.79 Å². The van der Waals surface area contributed by atoms with Crippen LogP contribution in [0.15, 0.2) is 23.3 Å². The van der Waals surface area contributed by atoms with Crippen LogP contribution in [-0.2, 0) is 9.22 Å². The molecule has 3 nitrogen and oxygen atoms in total. The van der Waals surface area contributed by atoms with Gasteiger partial charge in [-0.05, 0) is 50.9 Å². The number of rotatable bonds is 5. The number of hydrogen-bond donors (Lipinski definition) is 1. The quantitative estimate of drug-likeness (QED) is 0.750. The van der Waals surface area contributed by atoms with Crippen molar-refractivity contribution in [3.63, 3.8) is 0 Å². The molecule has 1 spiro atoms. The van der Waals surface area contributed by atoms with Crippen LogP contribution in [0.3, 0.4) is 0 Å². The maximum absolute atomic E-state index is 12.5. The summed E-state index contributed by atoms with van der Waals surface area (Å²) < 4.78 is 6.83. The summed E-state index contributed by atoms with van der Waals surface area (Å²) in [4.78, 5) is 12.5. The Balaban J connectivity index is 2.09. The van der Waals surface area contributed by atoms with Crippen molar-refractivity contribution in [3.05, 3.63) is 23.3 Å². The molecule has 0 aromatic heterocycles. The van der Waals surface area contributed by atoms with Crippen LogP contribution in [0.4, 0.5) is 0 Å². The molecule has 0 radical (unpaired) electrons. The molecule has 1 N–H and O–H groups in total. The molecular weight excluding hydrogens is 316 g/mol. The minimum absolute atomic E-state index is 0.0738. The smallest absolute Gasteiger partial charge is 0.192 e. The third-order valence-corrected chi connectivity index (χ3v) is 12.2. The van der Waals surface area contributed by atoms with Gasteiger partial charge in [-0.2, -0.15) is 0 Å². The van der Waals surface area contributed by atoms with E-state index in [9.17, 15) is 9.90 Å². The summed E-state index contributed by atoms with van der Waals surface area (Å²) in [6.07, 6.45) is 6.44. The Hall–Kier alpha value is -0.713. The van der Waals surface area contributed by atoms with Crippen molar-refractivity contribution in [3.8, 4) is 0 Å². The van der Waals surface area contributed by atoms with Gasteiger partial charge in [0.25, 0.3) is 0 Å². The molecule has 0 heterocycles. The number of carbonyl (C=O) groups excluding carboxylic acids is 1. The average molecular weight is 349 g/mol. The van der Waals surface area contributed by atoms with Gasteiger partial charge < -0.3 is 9.53 Å². The Labute approximate surface area is 147 Å². The van der Waals surface area contributed by atoms with E-state index in [1.165, 1.54) is 0 Å². The highest BCUT2D eigenvalue weighted by atomic mass is 28.4. The monoisotopic (exact) mass is 348 g/mol. The normalized spacial score (nSPS) is 34.7. The molecule has 134 valence electrons. The first-order valence-corrected chi connectivity index (χ1v) is 12.2. The first-order valence-electron chi connectivity index (χ1n) is 9.62. The maximum Gasteiger partial charge on any atom is 0.192 e. The topological polar surface area (TPSA) is 46.5 Å². The number of carbonyl (C=O) groups is 1. The highest BCUT2D eigenvalue weighted by Crippen LogP contribution is 2.62. The van der Waals surface area contributed by atoms with Crippen LogP contribution in [-0.4, -0.2) is 30.9 Å².